The molecule has 2 aromatic rings. The van der Waals surface area contributed by atoms with Gasteiger partial charge in [-0.1, -0.05) is 12.1 Å². The van der Waals surface area contributed by atoms with Gasteiger partial charge in [0, 0.05) is 20.8 Å². The van der Waals surface area contributed by atoms with Gasteiger partial charge in [-0.15, -0.1) is 11.3 Å². The average Bonchev–Trinajstić information content (AvgIpc) is 2.78. The Morgan fingerprint density at radius 2 is 2.05 bits per heavy atom. The Morgan fingerprint density at radius 3 is 2.74 bits per heavy atom. The van der Waals surface area contributed by atoms with Crippen molar-refractivity contribution in [3.63, 3.8) is 0 Å². The number of halogens is 1. The standard InChI is InChI=1S/C14H15BrN2OS/c1-10-6-7-11(19-10)8-16-9-14(18)17-13-5-3-2-4-12(13)15/h2-7,16H,8-9H2,1H3,(H,17,18). The molecule has 1 amide bonds. The molecule has 0 saturated heterocycles. The van der Waals surface area contributed by atoms with Gasteiger partial charge in [0.15, 0.2) is 0 Å². The zero-order chi connectivity index (χ0) is 13.7. The van der Waals surface area contributed by atoms with Crippen LogP contribution < -0.4 is 10.6 Å². The predicted octanol–water partition coefficient (Wildman–Crippen LogP) is 3.55. The summed E-state index contributed by atoms with van der Waals surface area (Å²) in [7, 11) is 0. The minimum atomic E-state index is -0.0415. The van der Waals surface area contributed by atoms with Gasteiger partial charge in [-0.2, -0.15) is 0 Å². The molecule has 100 valence electrons. The van der Waals surface area contributed by atoms with E-state index in [0.29, 0.717) is 6.54 Å². The Balaban J connectivity index is 1.77. The summed E-state index contributed by atoms with van der Waals surface area (Å²) in [6.07, 6.45) is 0. The second-order valence-corrected chi connectivity index (χ2v) is 6.37. The molecule has 0 aliphatic rings. The smallest absolute Gasteiger partial charge is 0.238 e. The number of rotatable bonds is 5. The van der Waals surface area contributed by atoms with Gasteiger partial charge >= 0.3 is 0 Å². The van der Waals surface area contributed by atoms with E-state index in [2.05, 4.69) is 45.6 Å². The van der Waals surface area contributed by atoms with Gasteiger partial charge in [-0.3, -0.25) is 4.79 Å². The number of benzene rings is 1. The summed E-state index contributed by atoms with van der Waals surface area (Å²) in [5.74, 6) is -0.0415. The van der Waals surface area contributed by atoms with Crippen molar-refractivity contribution < 1.29 is 4.79 Å². The van der Waals surface area contributed by atoms with Crippen LogP contribution in [-0.2, 0) is 11.3 Å². The molecule has 5 heteroatoms. The number of hydrogen-bond donors (Lipinski definition) is 2. The Kier molecular flexibility index (Phi) is 5.13. The number of anilines is 1. The summed E-state index contributed by atoms with van der Waals surface area (Å²) < 4.78 is 0.886. The van der Waals surface area contributed by atoms with E-state index in [1.54, 1.807) is 11.3 Å². The highest BCUT2D eigenvalue weighted by Crippen LogP contribution is 2.20. The first kappa shape index (κ1) is 14.2. The molecule has 0 atom stereocenters. The van der Waals surface area contributed by atoms with Crippen molar-refractivity contribution in [3.8, 4) is 0 Å². The van der Waals surface area contributed by atoms with E-state index in [-0.39, 0.29) is 5.91 Å². The summed E-state index contributed by atoms with van der Waals surface area (Å²) in [5.41, 5.74) is 0.793. The predicted molar refractivity (Wildman–Crippen MR) is 83.5 cm³/mol. The van der Waals surface area contributed by atoms with Gasteiger partial charge in [-0.25, -0.2) is 0 Å². The Hall–Kier alpha value is -1.17. The number of hydrogen-bond acceptors (Lipinski definition) is 3. The first-order valence-electron chi connectivity index (χ1n) is 5.95. The number of para-hydroxylation sites is 1. The second-order valence-electron chi connectivity index (χ2n) is 4.14. The maximum atomic E-state index is 11.8. The van der Waals surface area contributed by atoms with Crippen molar-refractivity contribution in [1.82, 2.24) is 5.32 Å². The number of thiophene rings is 1. The van der Waals surface area contributed by atoms with Crippen LogP contribution in [0.1, 0.15) is 9.75 Å². The number of carbonyl (C=O) groups excluding carboxylic acids is 1. The fraction of sp³-hybridized carbons (Fsp3) is 0.214. The van der Waals surface area contributed by atoms with Gasteiger partial charge < -0.3 is 10.6 Å². The van der Waals surface area contributed by atoms with Crippen molar-refractivity contribution in [2.45, 2.75) is 13.5 Å². The largest absolute Gasteiger partial charge is 0.324 e. The van der Waals surface area contributed by atoms with E-state index in [4.69, 9.17) is 0 Å². The molecule has 2 N–H and O–H groups in total. The monoisotopic (exact) mass is 338 g/mol. The molecule has 0 aliphatic carbocycles. The van der Waals surface area contributed by atoms with Crippen molar-refractivity contribution in [1.29, 1.82) is 0 Å². The summed E-state index contributed by atoms with van der Waals surface area (Å²) >= 11 is 5.14. The maximum Gasteiger partial charge on any atom is 0.238 e. The molecule has 1 heterocycles. The normalized spacial score (nSPS) is 10.4. The lowest BCUT2D eigenvalue weighted by Gasteiger charge is -2.07. The van der Waals surface area contributed by atoms with Crippen LogP contribution in [-0.4, -0.2) is 12.5 Å². The van der Waals surface area contributed by atoms with Crippen molar-refractivity contribution >= 4 is 38.9 Å². The molecule has 2 rings (SSSR count). The van der Waals surface area contributed by atoms with Crippen LogP contribution in [0.2, 0.25) is 0 Å². The molecule has 3 nitrogen and oxygen atoms in total. The number of nitrogens with one attached hydrogen (secondary N) is 2. The lowest BCUT2D eigenvalue weighted by molar-refractivity contribution is -0.115. The summed E-state index contributed by atoms with van der Waals surface area (Å²) in [6.45, 7) is 3.11. The number of aryl methyl sites for hydroxylation is 1. The Bertz CT molecular complexity index is 568. The van der Waals surface area contributed by atoms with Gasteiger partial charge in [0.1, 0.15) is 0 Å². The topological polar surface area (TPSA) is 41.1 Å². The SMILES string of the molecule is Cc1ccc(CNCC(=O)Nc2ccccc2Br)s1. The lowest BCUT2D eigenvalue weighted by Crippen LogP contribution is -2.27. The molecule has 1 aromatic carbocycles. The number of amides is 1. The molecule has 0 radical (unpaired) electrons. The van der Waals surface area contributed by atoms with Crippen molar-refractivity contribution in [2.75, 3.05) is 11.9 Å². The zero-order valence-electron chi connectivity index (χ0n) is 10.6. The molecular formula is C14H15BrN2OS. The molecule has 0 bridgehead atoms. The van der Waals surface area contributed by atoms with Gasteiger partial charge in [0.25, 0.3) is 0 Å². The Morgan fingerprint density at radius 1 is 1.26 bits per heavy atom. The van der Waals surface area contributed by atoms with Crippen molar-refractivity contribution in [3.05, 3.63) is 50.6 Å². The first-order valence-corrected chi connectivity index (χ1v) is 7.56. The van der Waals surface area contributed by atoms with E-state index in [0.717, 1.165) is 16.7 Å². The van der Waals surface area contributed by atoms with Crippen LogP contribution in [0, 0.1) is 6.92 Å². The summed E-state index contributed by atoms with van der Waals surface area (Å²) in [4.78, 5) is 14.3. The molecule has 1 aromatic heterocycles. The highest BCUT2D eigenvalue weighted by atomic mass is 79.9. The minimum absolute atomic E-state index is 0.0415. The molecule has 0 fully saturated rings. The van der Waals surface area contributed by atoms with Gasteiger partial charge in [0.05, 0.1) is 12.2 Å². The number of carbonyl (C=O) groups is 1. The highest BCUT2D eigenvalue weighted by molar-refractivity contribution is 9.10. The van der Waals surface area contributed by atoms with E-state index in [1.807, 2.05) is 24.3 Å². The first-order chi connectivity index (χ1) is 9.15. The van der Waals surface area contributed by atoms with E-state index >= 15 is 0 Å². The third kappa shape index (κ3) is 4.45. The second kappa shape index (κ2) is 6.84. The van der Waals surface area contributed by atoms with Crippen LogP contribution in [0.4, 0.5) is 5.69 Å². The minimum Gasteiger partial charge on any atom is -0.324 e. The molecule has 0 spiro atoms. The molecular weight excluding hydrogens is 324 g/mol. The maximum absolute atomic E-state index is 11.8. The molecule has 0 unspecified atom stereocenters. The molecule has 0 saturated carbocycles. The van der Waals surface area contributed by atoms with Gasteiger partial charge in [-0.05, 0) is 47.1 Å². The summed E-state index contributed by atoms with van der Waals surface area (Å²) in [6, 6.07) is 11.7. The van der Waals surface area contributed by atoms with Crippen LogP contribution in [0.5, 0.6) is 0 Å². The average molecular weight is 339 g/mol. The quantitative estimate of drug-likeness (QED) is 0.875. The highest BCUT2D eigenvalue weighted by Gasteiger charge is 2.04. The summed E-state index contributed by atoms with van der Waals surface area (Å²) in [5, 5.41) is 5.99. The zero-order valence-corrected chi connectivity index (χ0v) is 13.0. The van der Waals surface area contributed by atoms with E-state index in [9.17, 15) is 4.79 Å². The fourth-order valence-electron chi connectivity index (χ4n) is 1.64. The van der Waals surface area contributed by atoms with Crippen LogP contribution >= 0.6 is 27.3 Å². The molecule has 0 aliphatic heterocycles. The van der Waals surface area contributed by atoms with Crippen LogP contribution in [0.3, 0.4) is 0 Å². The van der Waals surface area contributed by atoms with Gasteiger partial charge in [0.2, 0.25) is 5.91 Å². The third-order valence-electron chi connectivity index (χ3n) is 2.53. The van der Waals surface area contributed by atoms with E-state index < -0.39 is 0 Å². The third-order valence-corrected chi connectivity index (χ3v) is 4.22. The van der Waals surface area contributed by atoms with Crippen molar-refractivity contribution in [2.24, 2.45) is 0 Å². The van der Waals surface area contributed by atoms with Crippen LogP contribution in [0.25, 0.3) is 0 Å². The van der Waals surface area contributed by atoms with E-state index in [1.165, 1.54) is 9.75 Å². The lowest BCUT2D eigenvalue weighted by atomic mass is 10.3. The van der Waals surface area contributed by atoms with Crippen LogP contribution in [0.15, 0.2) is 40.9 Å². The Labute approximate surface area is 125 Å². The molecule has 19 heavy (non-hydrogen) atoms. The fourth-order valence-corrected chi connectivity index (χ4v) is 2.88.